The minimum Gasteiger partial charge on any atom is -0.342 e. The highest BCUT2D eigenvalue weighted by Crippen LogP contribution is 2.52. The van der Waals surface area contributed by atoms with Crippen LogP contribution in [0.3, 0.4) is 0 Å². The summed E-state index contributed by atoms with van der Waals surface area (Å²) in [5.41, 5.74) is 1.36. The Morgan fingerprint density at radius 2 is 2.00 bits per heavy atom. The van der Waals surface area contributed by atoms with Crippen molar-refractivity contribution in [1.29, 1.82) is 0 Å². The number of nitrogens with zero attached hydrogens (tertiary/aromatic N) is 2. The average molecular weight is 330 g/mol. The zero-order valence-electron chi connectivity index (χ0n) is 14.1. The van der Waals surface area contributed by atoms with E-state index in [1.807, 2.05) is 11.0 Å². The summed E-state index contributed by atoms with van der Waals surface area (Å²) in [6.45, 7) is 10.6. The molecule has 1 saturated carbocycles. The smallest absolute Gasteiger partial charge is 0.219 e. The van der Waals surface area contributed by atoms with Crippen LogP contribution in [0.5, 0.6) is 0 Å². The number of amides is 1. The topological polar surface area (TPSA) is 23.6 Å². The Morgan fingerprint density at radius 3 is 2.52 bits per heavy atom. The number of likely N-dealkylation sites (tertiary alicyclic amines) is 1. The van der Waals surface area contributed by atoms with Crippen molar-refractivity contribution in [3.63, 3.8) is 0 Å². The van der Waals surface area contributed by atoms with E-state index in [2.05, 4.69) is 42.0 Å². The standard InChI is InChI=1S/C19H26N2OS/c1-4-9-20(10-15-5-7-16(23-3)8-6-15)11-17-18-12-21(14(2)22)13-19(17)18/h4-8,17-19H,1,9-13H2,2-3H3. The highest BCUT2D eigenvalue weighted by atomic mass is 32.2. The number of hydrogen-bond donors (Lipinski definition) is 0. The van der Waals surface area contributed by atoms with Gasteiger partial charge in [0.05, 0.1) is 0 Å². The molecule has 0 bridgehead atoms. The number of hydrogen-bond acceptors (Lipinski definition) is 3. The molecule has 2 atom stereocenters. The molecule has 1 saturated heterocycles. The number of carbonyl (C=O) groups is 1. The van der Waals surface area contributed by atoms with Gasteiger partial charge in [0.1, 0.15) is 0 Å². The van der Waals surface area contributed by atoms with Gasteiger partial charge in [-0.25, -0.2) is 0 Å². The van der Waals surface area contributed by atoms with Crippen molar-refractivity contribution in [2.24, 2.45) is 17.8 Å². The molecule has 1 amide bonds. The van der Waals surface area contributed by atoms with Crippen LogP contribution >= 0.6 is 11.8 Å². The molecular weight excluding hydrogens is 304 g/mol. The molecule has 0 aromatic heterocycles. The Bertz CT molecular complexity index is 559. The van der Waals surface area contributed by atoms with Gasteiger partial charge in [-0.3, -0.25) is 9.69 Å². The maximum Gasteiger partial charge on any atom is 0.219 e. The van der Waals surface area contributed by atoms with Crippen LogP contribution in [0.4, 0.5) is 0 Å². The zero-order valence-corrected chi connectivity index (χ0v) is 14.9. The summed E-state index contributed by atoms with van der Waals surface area (Å²) in [7, 11) is 0. The molecule has 3 nitrogen and oxygen atoms in total. The van der Waals surface area contributed by atoms with Crippen LogP contribution in [0.1, 0.15) is 12.5 Å². The number of thioether (sulfide) groups is 1. The number of benzene rings is 1. The molecule has 1 heterocycles. The Labute approximate surface area is 143 Å². The largest absolute Gasteiger partial charge is 0.342 e. The number of carbonyl (C=O) groups excluding carboxylic acids is 1. The summed E-state index contributed by atoms with van der Waals surface area (Å²) in [5, 5.41) is 0. The molecule has 4 heteroatoms. The molecular formula is C19H26N2OS. The van der Waals surface area contributed by atoms with E-state index in [0.717, 1.165) is 50.5 Å². The Balaban J connectivity index is 1.54. The van der Waals surface area contributed by atoms with Crippen LogP contribution in [-0.4, -0.2) is 48.1 Å². The van der Waals surface area contributed by atoms with E-state index >= 15 is 0 Å². The lowest BCUT2D eigenvalue weighted by Gasteiger charge is -2.24. The zero-order chi connectivity index (χ0) is 16.4. The molecule has 1 aliphatic heterocycles. The Morgan fingerprint density at radius 1 is 1.35 bits per heavy atom. The minimum atomic E-state index is 0.229. The molecule has 1 aromatic rings. The molecule has 124 valence electrons. The summed E-state index contributed by atoms with van der Waals surface area (Å²) in [4.78, 5) is 17.2. The Kier molecular flexibility index (Phi) is 5.12. The van der Waals surface area contributed by atoms with Gasteiger partial charge >= 0.3 is 0 Å². The Hall–Kier alpha value is -1.26. The van der Waals surface area contributed by atoms with Gasteiger partial charge in [0.15, 0.2) is 0 Å². The number of rotatable bonds is 7. The lowest BCUT2D eigenvalue weighted by molar-refractivity contribution is -0.128. The van der Waals surface area contributed by atoms with Crippen LogP contribution in [0.15, 0.2) is 41.8 Å². The van der Waals surface area contributed by atoms with Crippen molar-refractivity contribution in [2.75, 3.05) is 32.4 Å². The van der Waals surface area contributed by atoms with Crippen LogP contribution in [0.2, 0.25) is 0 Å². The third-order valence-electron chi connectivity index (χ3n) is 5.24. The molecule has 3 rings (SSSR count). The van der Waals surface area contributed by atoms with E-state index in [1.54, 1.807) is 18.7 Å². The normalized spacial score (nSPS) is 25.5. The second kappa shape index (κ2) is 7.10. The van der Waals surface area contributed by atoms with Gasteiger partial charge in [0.2, 0.25) is 5.91 Å². The van der Waals surface area contributed by atoms with E-state index in [0.29, 0.717) is 0 Å². The predicted octanol–water partition coefficient (Wildman–Crippen LogP) is 3.12. The van der Waals surface area contributed by atoms with Gasteiger partial charge < -0.3 is 4.90 Å². The van der Waals surface area contributed by atoms with E-state index in [1.165, 1.54) is 10.5 Å². The SMILES string of the molecule is C=CCN(Cc1ccc(SC)cc1)CC1C2CN(C(C)=O)CC12. The monoisotopic (exact) mass is 330 g/mol. The average Bonchev–Trinajstić information content (AvgIpc) is 2.97. The molecule has 0 spiro atoms. The molecule has 0 radical (unpaired) electrons. The predicted molar refractivity (Wildman–Crippen MR) is 96.4 cm³/mol. The van der Waals surface area contributed by atoms with Crippen molar-refractivity contribution < 1.29 is 4.79 Å². The molecule has 0 N–H and O–H groups in total. The van der Waals surface area contributed by atoms with Crippen LogP contribution in [0, 0.1) is 17.8 Å². The first-order valence-corrected chi connectivity index (χ1v) is 9.56. The quantitative estimate of drug-likeness (QED) is 0.567. The molecule has 23 heavy (non-hydrogen) atoms. The first-order valence-electron chi connectivity index (χ1n) is 8.34. The number of fused-ring (bicyclic) bond motifs is 1. The second-order valence-corrected chi connectivity index (χ2v) is 7.63. The van der Waals surface area contributed by atoms with Crippen LogP contribution < -0.4 is 0 Å². The summed E-state index contributed by atoms with van der Waals surface area (Å²) in [6.07, 6.45) is 4.10. The van der Waals surface area contributed by atoms with E-state index in [4.69, 9.17) is 0 Å². The third-order valence-corrected chi connectivity index (χ3v) is 5.98. The summed E-state index contributed by atoms with van der Waals surface area (Å²) >= 11 is 1.78. The molecule has 2 aliphatic rings. The fourth-order valence-corrected chi connectivity index (χ4v) is 4.26. The second-order valence-electron chi connectivity index (χ2n) is 6.75. The molecule has 1 aliphatic carbocycles. The summed E-state index contributed by atoms with van der Waals surface area (Å²) in [5.74, 6) is 2.44. The summed E-state index contributed by atoms with van der Waals surface area (Å²) in [6, 6.07) is 8.85. The van der Waals surface area contributed by atoms with Gasteiger partial charge in [0.25, 0.3) is 0 Å². The maximum atomic E-state index is 11.4. The highest BCUT2D eigenvalue weighted by Gasteiger charge is 2.56. The molecule has 2 unspecified atom stereocenters. The maximum absolute atomic E-state index is 11.4. The van der Waals surface area contributed by atoms with Crippen LogP contribution in [0.25, 0.3) is 0 Å². The van der Waals surface area contributed by atoms with Crippen molar-refractivity contribution in [3.8, 4) is 0 Å². The van der Waals surface area contributed by atoms with Crippen molar-refractivity contribution in [2.45, 2.75) is 18.4 Å². The molecule has 1 aromatic carbocycles. The van der Waals surface area contributed by atoms with Crippen molar-refractivity contribution in [1.82, 2.24) is 9.80 Å². The fraction of sp³-hybridized carbons (Fsp3) is 0.526. The van der Waals surface area contributed by atoms with E-state index < -0.39 is 0 Å². The van der Waals surface area contributed by atoms with E-state index in [9.17, 15) is 4.79 Å². The van der Waals surface area contributed by atoms with Gasteiger partial charge in [-0.15, -0.1) is 18.3 Å². The van der Waals surface area contributed by atoms with Gasteiger partial charge in [-0.1, -0.05) is 18.2 Å². The third kappa shape index (κ3) is 3.81. The lowest BCUT2D eigenvalue weighted by atomic mass is 10.2. The highest BCUT2D eigenvalue weighted by molar-refractivity contribution is 7.98. The first kappa shape index (κ1) is 16.6. The summed E-state index contributed by atoms with van der Waals surface area (Å²) < 4.78 is 0. The van der Waals surface area contributed by atoms with Crippen LogP contribution in [-0.2, 0) is 11.3 Å². The first-order chi connectivity index (χ1) is 11.1. The molecule has 2 fully saturated rings. The van der Waals surface area contributed by atoms with Gasteiger partial charge in [-0.2, -0.15) is 0 Å². The van der Waals surface area contributed by atoms with Crippen molar-refractivity contribution in [3.05, 3.63) is 42.5 Å². The lowest BCUT2D eigenvalue weighted by Crippen LogP contribution is -2.32. The van der Waals surface area contributed by atoms with Crippen molar-refractivity contribution >= 4 is 17.7 Å². The number of piperidine rings is 1. The van der Waals surface area contributed by atoms with E-state index in [-0.39, 0.29) is 5.91 Å². The fourth-order valence-electron chi connectivity index (χ4n) is 3.85. The van der Waals surface area contributed by atoms with Gasteiger partial charge in [-0.05, 0) is 41.7 Å². The van der Waals surface area contributed by atoms with Gasteiger partial charge in [0, 0.05) is 44.5 Å². The minimum absolute atomic E-state index is 0.229.